The van der Waals surface area contributed by atoms with Crippen molar-refractivity contribution in [1.82, 2.24) is 4.90 Å². The molecule has 1 atom stereocenters. The molecule has 1 aliphatic carbocycles. The number of ether oxygens (including phenoxy) is 3. The summed E-state index contributed by atoms with van der Waals surface area (Å²) < 4.78 is 16.4. The van der Waals surface area contributed by atoms with Gasteiger partial charge in [0.15, 0.2) is 18.1 Å². The Balaban J connectivity index is 1.32. The summed E-state index contributed by atoms with van der Waals surface area (Å²) in [6.07, 6.45) is 6.79. The molecule has 6 nitrogen and oxygen atoms in total. The third kappa shape index (κ3) is 5.08. The molecule has 1 amide bonds. The van der Waals surface area contributed by atoms with Crippen LogP contribution in [0.2, 0.25) is 0 Å². The number of aryl methyl sites for hydroxylation is 1. The molecule has 2 aliphatic rings. The van der Waals surface area contributed by atoms with Gasteiger partial charge in [-0.15, -0.1) is 0 Å². The molecule has 2 aromatic rings. The van der Waals surface area contributed by atoms with Crippen LogP contribution in [0.1, 0.15) is 42.0 Å². The highest BCUT2D eigenvalue weighted by Crippen LogP contribution is 2.33. The van der Waals surface area contributed by atoms with E-state index in [2.05, 4.69) is 12.1 Å². The lowest BCUT2D eigenvalue weighted by Gasteiger charge is -2.33. The number of carbonyl (C=O) groups excluding carboxylic acids is 2. The first kappa shape index (κ1) is 21.0. The zero-order chi connectivity index (χ0) is 21.6. The van der Waals surface area contributed by atoms with Crippen LogP contribution in [-0.4, -0.2) is 43.6 Å². The topological polar surface area (TPSA) is 65.1 Å². The monoisotopic (exact) mass is 421 g/mol. The fourth-order valence-electron chi connectivity index (χ4n) is 4.04. The molecule has 0 fully saturated rings. The van der Waals surface area contributed by atoms with Crippen LogP contribution in [0.25, 0.3) is 6.08 Å². The average Bonchev–Trinajstić information content (AvgIpc) is 3.05. The minimum atomic E-state index is -0.557. The normalized spacial score (nSPS) is 17.5. The third-order valence-electron chi connectivity index (χ3n) is 5.72. The Kier molecular flexibility index (Phi) is 6.55. The minimum Gasteiger partial charge on any atom is -0.490 e. The lowest BCUT2D eigenvalue weighted by Crippen LogP contribution is -2.36. The highest BCUT2D eigenvalue weighted by Gasteiger charge is 2.26. The maximum Gasteiger partial charge on any atom is 0.331 e. The number of rotatable bonds is 5. The molecule has 0 N–H and O–H groups in total. The molecule has 0 radical (unpaired) electrons. The van der Waals surface area contributed by atoms with Crippen molar-refractivity contribution in [2.75, 3.05) is 26.9 Å². The molecule has 0 unspecified atom stereocenters. The van der Waals surface area contributed by atoms with Gasteiger partial charge in [0, 0.05) is 19.5 Å². The number of benzene rings is 2. The molecule has 31 heavy (non-hydrogen) atoms. The van der Waals surface area contributed by atoms with E-state index in [1.807, 2.05) is 30.3 Å². The maximum absolute atomic E-state index is 12.6. The summed E-state index contributed by atoms with van der Waals surface area (Å²) in [4.78, 5) is 26.4. The molecule has 6 heteroatoms. The summed E-state index contributed by atoms with van der Waals surface area (Å²) in [6.45, 7) is 0.951. The van der Waals surface area contributed by atoms with Gasteiger partial charge in [-0.25, -0.2) is 4.79 Å². The predicted molar refractivity (Wildman–Crippen MR) is 117 cm³/mol. The second kappa shape index (κ2) is 9.69. The first-order valence-corrected chi connectivity index (χ1v) is 10.7. The smallest absolute Gasteiger partial charge is 0.331 e. The second-order valence-corrected chi connectivity index (χ2v) is 7.81. The Hall–Kier alpha value is -3.28. The third-order valence-corrected chi connectivity index (χ3v) is 5.72. The number of fused-ring (bicyclic) bond motifs is 2. The van der Waals surface area contributed by atoms with Crippen molar-refractivity contribution in [1.29, 1.82) is 0 Å². The van der Waals surface area contributed by atoms with Crippen LogP contribution in [0.3, 0.4) is 0 Å². The van der Waals surface area contributed by atoms with E-state index in [9.17, 15) is 9.59 Å². The van der Waals surface area contributed by atoms with Crippen LogP contribution < -0.4 is 9.47 Å². The van der Waals surface area contributed by atoms with Crippen LogP contribution in [-0.2, 0) is 20.7 Å². The molecule has 4 rings (SSSR count). The minimum absolute atomic E-state index is 0.0218. The first-order valence-electron chi connectivity index (χ1n) is 10.7. The van der Waals surface area contributed by atoms with Crippen LogP contribution >= 0.6 is 0 Å². The number of carbonyl (C=O) groups is 2. The molecule has 0 saturated heterocycles. The van der Waals surface area contributed by atoms with E-state index in [1.54, 1.807) is 18.0 Å². The van der Waals surface area contributed by atoms with Gasteiger partial charge < -0.3 is 19.1 Å². The SMILES string of the molecule is CN(C(=O)COC(=O)/C=C/c1ccc2c(c1)OCCCO2)[C@H]1CCCc2ccccc21. The zero-order valence-electron chi connectivity index (χ0n) is 17.7. The van der Waals surface area contributed by atoms with E-state index in [-0.39, 0.29) is 18.6 Å². The lowest BCUT2D eigenvalue weighted by atomic mass is 9.87. The van der Waals surface area contributed by atoms with Gasteiger partial charge in [-0.1, -0.05) is 30.3 Å². The Labute approximate surface area is 182 Å². The van der Waals surface area contributed by atoms with Gasteiger partial charge >= 0.3 is 5.97 Å². The summed E-state index contributed by atoms with van der Waals surface area (Å²) in [5.74, 6) is 0.602. The highest BCUT2D eigenvalue weighted by molar-refractivity contribution is 5.89. The molecule has 162 valence electrons. The molecular formula is C25H27NO5. The van der Waals surface area contributed by atoms with Gasteiger partial charge in [0.05, 0.1) is 19.3 Å². The lowest BCUT2D eigenvalue weighted by molar-refractivity contribution is -0.148. The molecule has 0 bridgehead atoms. The van der Waals surface area contributed by atoms with E-state index in [1.165, 1.54) is 17.2 Å². The zero-order valence-corrected chi connectivity index (χ0v) is 17.7. The van der Waals surface area contributed by atoms with Crippen LogP contribution in [0, 0.1) is 0 Å². The van der Waals surface area contributed by atoms with Crippen molar-refractivity contribution in [3.05, 3.63) is 65.2 Å². The second-order valence-electron chi connectivity index (χ2n) is 7.81. The number of hydrogen-bond donors (Lipinski definition) is 0. The van der Waals surface area contributed by atoms with Crippen molar-refractivity contribution >= 4 is 18.0 Å². The van der Waals surface area contributed by atoms with E-state index < -0.39 is 5.97 Å². The Morgan fingerprint density at radius 2 is 1.90 bits per heavy atom. The Morgan fingerprint density at radius 3 is 2.77 bits per heavy atom. The maximum atomic E-state index is 12.6. The average molecular weight is 421 g/mol. The Morgan fingerprint density at radius 1 is 1.10 bits per heavy atom. The van der Waals surface area contributed by atoms with Crippen molar-refractivity contribution in [3.63, 3.8) is 0 Å². The van der Waals surface area contributed by atoms with Crippen molar-refractivity contribution in [3.8, 4) is 11.5 Å². The van der Waals surface area contributed by atoms with Crippen molar-refractivity contribution in [2.45, 2.75) is 31.7 Å². The standard InChI is InChI=1S/C25H27NO5/c1-26(21-9-4-7-19-6-2-3-8-20(19)21)24(27)17-31-25(28)13-11-18-10-12-22-23(16-18)30-15-5-14-29-22/h2-3,6,8,10-13,16,21H,4-5,7,9,14-15,17H2,1H3/b13-11+/t21-/m0/s1. The van der Waals surface area contributed by atoms with Gasteiger partial charge in [0.2, 0.25) is 0 Å². The van der Waals surface area contributed by atoms with Crippen molar-refractivity contribution < 1.29 is 23.8 Å². The van der Waals surface area contributed by atoms with E-state index in [0.717, 1.165) is 31.2 Å². The van der Waals surface area contributed by atoms with E-state index >= 15 is 0 Å². The molecule has 1 aliphatic heterocycles. The van der Waals surface area contributed by atoms with Gasteiger partial charge in [0.1, 0.15) is 0 Å². The Bertz CT molecular complexity index is 984. The number of hydrogen-bond acceptors (Lipinski definition) is 5. The van der Waals surface area contributed by atoms with Gasteiger partial charge in [-0.2, -0.15) is 0 Å². The van der Waals surface area contributed by atoms with Crippen LogP contribution in [0.15, 0.2) is 48.5 Å². The molecular weight excluding hydrogens is 394 g/mol. The molecule has 0 aromatic heterocycles. The summed E-state index contributed by atoms with van der Waals surface area (Å²) >= 11 is 0. The quantitative estimate of drug-likeness (QED) is 0.541. The van der Waals surface area contributed by atoms with Gasteiger partial charge in [-0.05, 0) is 54.2 Å². The molecule has 2 aromatic carbocycles. The largest absolute Gasteiger partial charge is 0.490 e. The summed E-state index contributed by atoms with van der Waals surface area (Å²) in [5.41, 5.74) is 3.27. The van der Waals surface area contributed by atoms with E-state index in [4.69, 9.17) is 14.2 Å². The molecule has 0 saturated carbocycles. The van der Waals surface area contributed by atoms with Crippen LogP contribution in [0.4, 0.5) is 0 Å². The number of esters is 1. The summed E-state index contributed by atoms with van der Waals surface area (Å²) in [7, 11) is 1.77. The summed E-state index contributed by atoms with van der Waals surface area (Å²) in [5, 5.41) is 0. The van der Waals surface area contributed by atoms with Gasteiger partial charge in [-0.3, -0.25) is 4.79 Å². The highest BCUT2D eigenvalue weighted by atomic mass is 16.5. The predicted octanol–water partition coefficient (Wildman–Crippen LogP) is 3.94. The number of nitrogens with zero attached hydrogens (tertiary/aromatic N) is 1. The van der Waals surface area contributed by atoms with E-state index in [0.29, 0.717) is 24.7 Å². The number of likely N-dealkylation sites (N-methyl/N-ethyl adjacent to an activating group) is 1. The van der Waals surface area contributed by atoms with Gasteiger partial charge in [0.25, 0.3) is 5.91 Å². The first-order chi connectivity index (χ1) is 15.1. The summed E-state index contributed by atoms with van der Waals surface area (Å²) in [6, 6.07) is 13.7. The molecule has 0 spiro atoms. The van der Waals surface area contributed by atoms with Crippen molar-refractivity contribution in [2.24, 2.45) is 0 Å². The molecule has 1 heterocycles. The van der Waals surface area contributed by atoms with Crippen LogP contribution in [0.5, 0.6) is 11.5 Å². The fourth-order valence-corrected chi connectivity index (χ4v) is 4.04. The number of amides is 1. The fraction of sp³-hybridized carbons (Fsp3) is 0.360.